The van der Waals surface area contributed by atoms with Gasteiger partial charge in [0.15, 0.2) is 11.5 Å². The molecule has 4 aromatic carbocycles. The fraction of sp³-hybridized carbons (Fsp3) is 0.125. The first-order valence-electron chi connectivity index (χ1n) is 12.5. The van der Waals surface area contributed by atoms with Gasteiger partial charge in [0.25, 0.3) is 5.91 Å². The Labute approximate surface area is 222 Å². The van der Waals surface area contributed by atoms with Gasteiger partial charge in [0.05, 0.1) is 30.6 Å². The largest absolute Gasteiger partial charge is 0.493 e. The average molecular weight is 504 g/mol. The molecule has 1 heterocycles. The number of carbonyl (C=O) groups excluding carboxylic acids is 1. The molecule has 0 radical (unpaired) electrons. The van der Waals surface area contributed by atoms with Crippen LogP contribution >= 0.6 is 0 Å². The molecule has 0 atom stereocenters. The predicted octanol–water partition coefficient (Wildman–Crippen LogP) is 6.82. The third-order valence-corrected chi connectivity index (χ3v) is 6.29. The standard InChI is InChI=1S/C32H29N3O3/c1-24-28(23-34(22-25-14-6-3-7-15-25)31(36)26-16-8-4-9-17-26)32(35(33-24)27-18-10-5-11-19-27)38-30-21-13-12-20-29(30)37-2/h3-21H,22-23H2,1-2H3. The summed E-state index contributed by atoms with van der Waals surface area (Å²) in [6, 6.07) is 36.7. The minimum Gasteiger partial charge on any atom is -0.493 e. The van der Waals surface area contributed by atoms with Crippen molar-refractivity contribution in [1.82, 2.24) is 14.7 Å². The zero-order chi connectivity index (χ0) is 26.3. The molecular weight excluding hydrogens is 474 g/mol. The number of hydrogen-bond acceptors (Lipinski definition) is 4. The van der Waals surface area contributed by atoms with Crippen molar-refractivity contribution in [2.75, 3.05) is 7.11 Å². The third-order valence-electron chi connectivity index (χ3n) is 6.29. The van der Waals surface area contributed by atoms with E-state index in [0.717, 1.165) is 22.5 Å². The SMILES string of the molecule is COc1ccccc1Oc1c(CN(Cc2ccccc2)C(=O)c2ccccc2)c(C)nn1-c1ccccc1. The number of benzene rings is 4. The summed E-state index contributed by atoms with van der Waals surface area (Å²) >= 11 is 0. The van der Waals surface area contributed by atoms with Gasteiger partial charge in [-0.3, -0.25) is 4.79 Å². The van der Waals surface area contributed by atoms with Crippen molar-refractivity contribution >= 4 is 5.91 Å². The van der Waals surface area contributed by atoms with Gasteiger partial charge in [-0.25, -0.2) is 4.68 Å². The lowest BCUT2D eigenvalue weighted by Crippen LogP contribution is -2.30. The minimum atomic E-state index is -0.0652. The molecule has 1 amide bonds. The van der Waals surface area contributed by atoms with Crippen LogP contribution in [0, 0.1) is 6.92 Å². The number of ether oxygens (including phenoxy) is 2. The van der Waals surface area contributed by atoms with Crippen LogP contribution in [0.2, 0.25) is 0 Å². The number of amides is 1. The Hall–Kier alpha value is -4.84. The zero-order valence-electron chi connectivity index (χ0n) is 21.5. The molecule has 0 N–H and O–H groups in total. The van der Waals surface area contributed by atoms with Crippen LogP contribution in [0.15, 0.2) is 115 Å². The van der Waals surface area contributed by atoms with Crippen molar-refractivity contribution in [1.29, 1.82) is 0 Å². The van der Waals surface area contributed by atoms with E-state index in [1.54, 1.807) is 11.8 Å². The second kappa shape index (κ2) is 11.5. The van der Waals surface area contributed by atoms with Crippen molar-refractivity contribution < 1.29 is 14.3 Å². The Bertz CT molecular complexity index is 1500. The molecule has 6 nitrogen and oxygen atoms in total. The van der Waals surface area contributed by atoms with E-state index in [1.165, 1.54) is 0 Å². The molecule has 0 unspecified atom stereocenters. The quantitative estimate of drug-likeness (QED) is 0.221. The van der Waals surface area contributed by atoms with Gasteiger partial charge in [0.1, 0.15) is 0 Å². The Morgan fingerprint density at radius 3 is 2.00 bits per heavy atom. The van der Waals surface area contributed by atoms with Crippen LogP contribution < -0.4 is 9.47 Å². The molecule has 5 rings (SSSR count). The maximum atomic E-state index is 13.7. The highest BCUT2D eigenvalue weighted by atomic mass is 16.5. The highest BCUT2D eigenvalue weighted by Crippen LogP contribution is 2.36. The van der Waals surface area contributed by atoms with Crippen LogP contribution in [0.25, 0.3) is 5.69 Å². The summed E-state index contributed by atoms with van der Waals surface area (Å²) in [5.41, 5.74) is 4.12. The van der Waals surface area contributed by atoms with Crippen LogP contribution in [0.1, 0.15) is 27.2 Å². The van der Waals surface area contributed by atoms with E-state index < -0.39 is 0 Å². The molecule has 0 aliphatic rings. The topological polar surface area (TPSA) is 56.6 Å². The van der Waals surface area contributed by atoms with E-state index in [2.05, 4.69) is 0 Å². The van der Waals surface area contributed by atoms with E-state index >= 15 is 0 Å². The first kappa shape index (κ1) is 24.8. The molecule has 0 spiro atoms. The van der Waals surface area contributed by atoms with Gasteiger partial charge in [-0.05, 0) is 48.9 Å². The fourth-order valence-electron chi connectivity index (χ4n) is 4.33. The first-order valence-corrected chi connectivity index (χ1v) is 12.5. The molecule has 1 aromatic heterocycles. The Balaban J connectivity index is 1.59. The third kappa shape index (κ3) is 5.44. The molecule has 0 aliphatic heterocycles. The van der Waals surface area contributed by atoms with Crippen LogP contribution in [0.5, 0.6) is 17.4 Å². The monoisotopic (exact) mass is 503 g/mol. The first-order chi connectivity index (χ1) is 18.6. The van der Waals surface area contributed by atoms with Gasteiger partial charge in [-0.15, -0.1) is 0 Å². The summed E-state index contributed by atoms with van der Waals surface area (Å²) in [5.74, 6) is 1.65. The molecular formula is C32H29N3O3. The maximum absolute atomic E-state index is 13.7. The zero-order valence-corrected chi connectivity index (χ0v) is 21.5. The summed E-state index contributed by atoms with van der Waals surface area (Å²) in [6.45, 7) is 2.70. The van der Waals surface area contributed by atoms with Crippen molar-refractivity contribution in [3.63, 3.8) is 0 Å². The van der Waals surface area contributed by atoms with Crippen molar-refractivity contribution in [2.24, 2.45) is 0 Å². The summed E-state index contributed by atoms with van der Waals surface area (Å²) in [7, 11) is 1.61. The molecule has 0 bridgehead atoms. The lowest BCUT2D eigenvalue weighted by molar-refractivity contribution is 0.0729. The van der Waals surface area contributed by atoms with E-state index in [0.29, 0.717) is 36.0 Å². The van der Waals surface area contributed by atoms with Crippen molar-refractivity contribution in [3.05, 3.63) is 138 Å². The van der Waals surface area contributed by atoms with Crippen LogP contribution in [0.4, 0.5) is 0 Å². The van der Waals surface area contributed by atoms with E-state index in [9.17, 15) is 4.79 Å². The summed E-state index contributed by atoms with van der Waals surface area (Å²) in [5, 5.41) is 4.84. The van der Waals surface area contributed by atoms with Crippen molar-refractivity contribution in [2.45, 2.75) is 20.0 Å². The van der Waals surface area contributed by atoms with Crippen LogP contribution in [-0.4, -0.2) is 27.7 Å². The molecule has 0 saturated heterocycles. The Morgan fingerprint density at radius 2 is 1.34 bits per heavy atom. The van der Waals surface area contributed by atoms with Gasteiger partial charge < -0.3 is 14.4 Å². The minimum absolute atomic E-state index is 0.0652. The number of methoxy groups -OCH3 is 1. The number of aromatic nitrogens is 2. The lowest BCUT2D eigenvalue weighted by Gasteiger charge is -2.24. The van der Waals surface area contributed by atoms with Crippen molar-refractivity contribution in [3.8, 4) is 23.1 Å². The maximum Gasteiger partial charge on any atom is 0.254 e. The average Bonchev–Trinajstić information content (AvgIpc) is 3.28. The number of carbonyl (C=O) groups is 1. The van der Waals surface area contributed by atoms with Gasteiger partial charge in [0.2, 0.25) is 5.88 Å². The van der Waals surface area contributed by atoms with E-state index in [4.69, 9.17) is 14.6 Å². The van der Waals surface area contributed by atoms with Gasteiger partial charge in [-0.2, -0.15) is 5.10 Å². The molecule has 0 aliphatic carbocycles. The number of nitrogens with zero attached hydrogens (tertiary/aromatic N) is 3. The number of para-hydroxylation sites is 3. The summed E-state index contributed by atoms with van der Waals surface area (Å²) in [4.78, 5) is 15.6. The molecule has 0 fully saturated rings. The number of rotatable bonds is 9. The predicted molar refractivity (Wildman–Crippen MR) is 148 cm³/mol. The highest BCUT2D eigenvalue weighted by Gasteiger charge is 2.25. The van der Waals surface area contributed by atoms with Crippen LogP contribution in [-0.2, 0) is 13.1 Å². The smallest absolute Gasteiger partial charge is 0.254 e. The molecule has 6 heteroatoms. The second-order valence-corrected chi connectivity index (χ2v) is 8.88. The normalized spacial score (nSPS) is 10.7. The lowest BCUT2D eigenvalue weighted by atomic mass is 10.1. The summed E-state index contributed by atoms with van der Waals surface area (Å²) < 4.78 is 13.8. The molecule has 38 heavy (non-hydrogen) atoms. The molecule has 0 saturated carbocycles. The second-order valence-electron chi connectivity index (χ2n) is 8.88. The Morgan fingerprint density at radius 1 is 0.763 bits per heavy atom. The summed E-state index contributed by atoms with van der Waals surface area (Å²) in [6.07, 6.45) is 0. The number of aryl methyl sites for hydroxylation is 1. The molecule has 190 valence electrons. The highest BCUT2D eigenvalue weighted by molar-refractivity contribution is 5.94. The van der Waals surface area contributed by atoms with Crippen LogP contribution in [0.3, 0.4) is 0 Å². The Kier molecular flexibility index (Phi) is 7.50. The van der Waals surface area contributed by atoms with Gasteiger partial charge in [-0.1, -0.05) is 78.9 Å². The number of hydrogen-bond donors (Lipinski definition) is 0. The molecule has 5 aromatic rings. The van der Waals surface area contributed by atoms with E-state index in [1.807, 2.05) is 127 Å². The van der Waals surface area contributed by atoms with Gasteiger partial charge in [0, 0.05) is 12.1 Å². The fourth-order valence-corrected chi connectivity index (χ4v) is 4.33. The van der Waals surface area contributed by atoms with E-state index in [-0.39, 0.29) is 5.91 Å². The van der Waals surface area contributed by atoms with Gasteiger partial charge >= 0.3 is 0 Å².